The molecule has 4 aromatic rings. The maximum Gasteiger partial charge on any atom is 0.475 e. The molecule has 0 aromatic heterocycles. The fourth-order valence-electron chi connectivity index (χ4n) is 7.43. The first-order valence-electron chi connectivity index (χ1n) is 21.8. The van der Waals surface area contributed by atoms with Crippen molar-refractivity contribution in [3.63, 3.8) is 0 Å². The lowest BCUT2D eigenvalue weighted by atomic mass is 9.88. The predicted molar refractivity (Wildman–Crippen MR) is 244 cm³/mol. The Morgan fingerprint density at radius 1 is 0.742 bits per heavy atom. The minimum atomic E-state index is -3.97. The molecule has 2 amide bonds. The topological polar surface area (TPSA) is 142 Å². The summed E-state index contributed by atoms with van der Waals surface area (Å²) in [6, 6.07) is 32.0. The molecule has 4 aromatic carbocycles. The summed E-state index contributed by atoms with van der Waals surface area (Å²) in [5.74, 6) is -0.822. The molecule has 5 rings (SSSR count). The van der Waals surface area contributed by atoms with Gasteiger partial charge < -0.3 is 25.0 Å². The highest BCUT2D eigenvalue weighted by molar-refractivity contribution is 7.48. The van der Waals surface area contributed by atoms with E-state index in [0.29, 0.717) is 55.3 Å². The Labute approximate surface area is 367 Å². The van der Waals surface area contributed by atoms with Crippen LogP contribution in [0.25, 0.3) is 0 Å². The number of rotatable bonds is 22. The summed E-state index contributed by atoms with van der Waals surface area (Å²) in [6.07, 6.45) is 2.02. The number of benzene rings is 4. The van der Waals surface area contributed by atoms with Gasteiger partial charge in [-0.3, -0.25) is 23.2 Å². The molecule has 1 aliphatic carbocycles. The van der Waals surface area contributed by atoms with Crippen molar-refractivity contribution in [3.8, 4) is 0 Å². The minimum Gasteiger partial charge on any atom is -0.428 e. The molecule has 1 aliphatic rings. The maximum absolute atomic E-state index is 13.8. The molecule has 0 radical (unpaired) electrons. The summed E-state index contributed by atoms with van der Waals surface area (Å²) in [5, 5.41) is 6.02. The number of phosphoric acid groups is 1. The van der Waals surface area contributed by atoms with E-state index in [9.17, 15) is 18.9 Å². The molecule has 13 heteroatoms. The van der Waals surface area contributed by atoms with Gasteiger partial charge in [0.1, 0.15) is 0 Å². The third-order valence-corrected chi connectivity index (χ3v) is 12.1. The number of aryl methyl sites for hydroxylation is 1. The summed E-state index contributed by atoms with van der Waals surface area (Å²) in [6.45, 7) is 13.9. The van der Waals surface area contributed by atoms with Crippen LogP contribution in [0, 0.1) is 24.7 Å². The molecule has 2 N–H and O–H groups in total. The Hall–Kier alpha value is -5.00. The monoisotopic (exact) mass is 869 g/mol. The van der Waals surface area contributed by atoms with Crippen LogP contribution in [-0.2, 0) is 50.4 Å². The lowest BCUT2D eigenvalue weighted by Crippen LogP contribution is -2.32. The number of ether oxygens (including phenoxy) is 2. The van der Waals surface area contributed by atoms with Crippen LogP contribution in [0.15, 0.2) is 103 Å². The largest absolute Gasteiger partial charge is 0.475 e. The summed E-state index contributed by atoms with van der Waals surface area (Å²) < 4.78 is 42.3. The van der Waals surface area contributed by atoms with Crippen LogP contribution in [0.3, 0.4) is 0 Å². The number of phosphoric ester groups is 1. The zero-order chi connectivity index (χ0) is 44.5. The lowest BCUT2D eigenvalue weighted by Gasteiger charge is -2.31. The van der Waals surface area contributed by atoms with Crippen molar-refractivity contribution < 1.29 is 42.0 Å². The van der Waals surface area contributed by atoms with Gasteiger partial charge in [-0.15, -0.1) is 0 Å². The highest BCUT2D eigenvalue weighted by Crippen LogP contribution is 2.53. The Morgan fingerprint density at radius 3 is 1.87 bits per heavy atom. The van der Waals surface area contributed by atoms with Crippen LogP contribution in [0.2, 0.25) is 0 Å². The predicted octanol–water partition coefficient (Wildman–Crippen LogP) is 11.8. The number of urea groups is 1. The van der Waals surface area contributed by atoms with Gasteiger partial charge in [-0.1, -0.05) is 119 Å². The second-order valence-electron chi connectivity index (χ2n) is 16.9. The average Bonchev–Trinajstić information content (AvgIpc) is 3.25. The van der Waals surface area contributed by atoms with Gasteiger partial charge in [0.15, 0.2) is 0 Å². The highest BCUT2D eigenvalue weighted by atomic mass is 31.2. The molecule has 0 saturated heterocycles. The third kappa shape index (κ3) is 15.7. The van der Waals surface area contributed by atoms with Gasteiger partial charge in [0.2, 0.25) is 6.79 Å². The molecule has 1 atom stereocenters. The van der Waals surface area contributed by atoms with Crippen LogP contribution in [0.1, 0.15) is 101 Å². The first kappa shape index (κ1) is 48.0. The molecule has 12 nitrogen and oxygen atoms in total. The van der Waals surface area contributed by atoms with E-state index in [-0.39, 0.29) is 31.6 Å². The van der Waals surface area contributed by atoms with Crippen molar-refractivity contribution in [1.29, 1.82) is 0 Å². The standard InChI is InChI=1S/C49H64N3O9P/c1-7-40(42-22-27-46(52(30-35(2)3)31-36(4)5)45(28-42)51-49(55)50-43-23-18-37(6)19-24-43)29-47(53)57-34-58-48(54)41-20-25-44(26-21-41)61-62(56,59-32-38-14-10-8-11-15-38)60-33-39-16-12-9-13-17-39/h8-19,22-24,27-28,35-36,40-41,44H,7,20-21,25-26,29-34H2,1-6H3,(H2,50,51,55). The number of carbonyl (C=O) groups excluding carboxylic acids is 3. The molecular formula is C49H64N3O9P. The molecule has 0 aliphatic heterocycles. The number of carbonyl (C=O) groups is 3. The van der Waals surface area contributed by atoms with Gasteiger partial charge in [-0.25, -0.2) is 9.36 Å². The molecule has 1 fully saturated rings. The van der Waals surface area contributed by atoms with Crippen molar-refractivity contribution in [2.45, 2.75) is 105 Å². The highest BCUT2D eigenvalue weighted by Gasteiger charge is 2.35. The Balaban J connectivity index is 1.14. The van der Waals surface area contributed by atoms with E-state index >= 15 is 0 Å². The van der Waals surface area contributed by atoms with E-state index in [4.69, 9.17) is 23.0 Å². The van der Waals surface area contributed by atoms with Crippen LogP contribution < -0.4 is 15.5 Å². The molecule has 0 bridgehead atoms. The first-order chi connectivity index (χ1) is 29.8. The molecule has 0 spiro atoms. The number of nitrogens with zero attached hydrogens (tertiary/aromatic N) is 1. The molecule has 0 heterocycles. The van der Waals surface area contributed by atoms with Gasteiger partial charge in [-0.05, 0) is 97.7 Å². The number of anilines is 3. The second kappa shape index (κ2) is 24.0. The lowest BCUT2D eigenvalue weighted by molar-refractivity contribution is -0.171. The number of hydrogen-bond donors (Lipinski definition) is 2. The van der Waals surface area contributed by atoms with Crippen molar-refractivity contribution >= 4 is 42.9 Å². The SMILES string of the molecule is CCC(CC(=O)OCOC(=O)C1CCC(OP(=O)(OCc2ccccc2)OCc2ccccc2)CC1)c1ccc(N(CC(C)C)CC(C)C)c(NC(=O)Nc2ccc(C)cc2)c1. The number of nitrogens with one attached hydrogen (secondary N) is 2. The Bertz CT molecular complexity index is 2000. The third-order valence-electron chi connectivity index (χ3n) is 10.6. The van der Waals surface area contributed by atoms with Crippen LogP contribution in [0.5, 0.6) is 0 Å². The smallest absolute Gasteiger partial charge is 0.428 e. The van der Waals surface area contributed by atoms with Crippen molar-refractivity contribution in [2.75, 3.05) is 35.4 Å². The van der Waals surface area contributed by atoms with E-state index in [1.807, 2.05) is 117 Å². The fraction of sp³-hybridized carbons (Fsp3) is 0.449. The first-order valence-corrected chi connectivity index (χ1v) is 23.3. The number of esters is 2. The summed E-state index contributed by atoms with van der Waals surface area (Å²) in [4.78, 5) is 41.8. The van der Waals surface area contributed by atoms with Crippen LogP contribution in [0.4, 0.5) is 21.9 Å². The summed E-state index contributed by atoms with van der Waals surface area (Å²) >= 11 is 0. The normalized spacial score (nSPS) is 15.8. The molecule has 334 valence electrons. The molecular weight excluding hydrogens is 806 g/mol. The van der Waals surface area contributed by atoms with E-state index in [1.54, 1.807) is 0 Å². The van der Waals surface area contributed by atoms with Gasteiger partial charge in [0.25, 0.3) is 0 Å². The van der Waals surface area contributed by atoms with Crippen molar-refractivity contribution in [1.82, 2.24) is 0 Å². The fourth-order valence-corrected chi connectivity index (χ4v) is 8.81. The molecule has 62 heavy (non-hydrogen) atoms. The van der Waals surface area contributed by atoms with Gasteiger partial charge in [0.05, 0.1) is 43.0 Å². The van der Waals surface area contributed by atoms with E-state index in [0.717, 1.165) is 41.0 Å². The number of hydrogen-bond acceptors (Lipinski definition) is 10. The van der Waals surface area contributed by atoms with Crippen molar-refractivity contribution in [3.05, 3.63) is 125 Å². The quantitative estimate of drug-likeness (QED) is 0.0445. The van der Waals surface area contributed by atoms with E-state index in [2.05, 4.69) is 43.2 Å². The molecule has 1 unspecified atom stereocenters. The summed E-state index contributed by atoms with van der Waals surface area (Å²) in [5.41, 5.74) is 5.87. The zero-order valence-corrected chi connectivity index (χ0v) is 37.9. The average molecular weight is 870 g/mol. The summed E-state index contributed by atoms with van der Waals surface area (Å²) in [7, 11) is -3.97. The number of amides is 2. The van der Waals surface area contributed by atoms with Gasteiger partial charge >= 0.3 is 25.8 Å². The van der Waals surface area contributed by atoms with Crippen molar-refractivity contribution in [2.24, 2.45) is 17.8 Å². The Morgan fingerprint density at radius 2 is 1.32 bits per heavy atom. The van der Waals surface area contributed by atoms with Gasteiger partial charge in [0, 0.05) is 18.8 Å². The van der Waals surface area contributed by atoms with E-state index in [1.165, 1.54) is 0 Å². The van der Waals surface area contributed by atoms with Crippen LogP contribution in [-0.4, -0.2) is 44.0 Å². The van der Waals surface area contributed by atoms with Crippen LogP contribution >= 0.6 is 7.82 Å². The van der Waals surface area contributed by atoms with Gasteiger partial charge in [-0.2, -0.15) is 0 Å². The minimum absolute atomic E-state index is 0.0557. The molecule has 1 saturated carbocycles. The second-order valence-corrected chi connectivity index (χ2v) is 18.5. The van der Waals surface area contributed by atoms with E-state index < -0.39 is 38.6 Å². The zero-order valence-electron chi connectivity index (χ0n) is 37.0. The maximum atomic E-state index is 13.8. The Kier molecular flexibility index (Phi) is 18.6.